The molecule has 6 heteroatoms. The van der Waals surface area contributed by atoms with Crippen LogP contribution in [-0.2, 0) is 0 Å². The molecule has 0 unspecified atom stereocenters. The zero-order chi connectivity index (χ0) is 13.7. The minimum absolute atomic E-state index is 0.569. The standard InChI is InChI=1S/C12H22BrN5/c1-8(2)5-18(6-9(3)4)12-10(13)11(17-14)15-7-16-12/h7-9H,5-6,14H2,1-4H3,(H,15,16,17). The summed E-state index contributed by atoms with van der Waals surface area (Å²) in [6.07, 6.45) is 1.53. The lowest BCUT2D eigenvalue weighted by molar-refractivity contribution is 0.548. The normalized spacial score (nSPS) is 11.1. The summed E-state index contributed by atoms with van der Waals surface area (Å²) in [5.41, 5.74) is 2.57. The van der Waals surface area contributed by atoms with Gasteiger partial charge in [-0.2, -0.15) is 0 Å². The van der Waals surface area contributed by atoms with Crippen LogP contribution in [0.4, 0.5) is 11.6 Å². The van der Waals surface area contributed by atoms with Gasteiger partial charge < -0.3 is 10.3 Å². The van der Waals surface area contributed by atoms with Crippen molar-refractivity contribution in [3.05, 3.63) is 10.8 Å². The van der Waals surface area contributed by atoms with Crippen molar-refractivity contribution in [1.29, 1.82) is 0 Å². The zero-order valence-corrected chi connectivity index (χ0v) is 13.0. The van der Waals surface area contributed by atoms with E-state index in [4.69, 9.17) is 5.84 Å². The number of nitrogen functional groups attached to an aromatic ring is 1. The Kier molecular flexibility index (Phi) is 5.81. The van der Waals surface area contributed by atoms with Crippen LogP contribution >= 0.6 is 15.9 Å². The minimum atomic E-state index is 0.569. The molecule has 0 atom stereocenters. The third kappa shape index (κ3) is 4.10. The van der Waals surface area contributed by atoms with Gasteiger partial charge in [0, 0.05) is 13.1 Å². The highest BCUT2D eigenvalue weighted by Crippen LogP contribution is 2.29. The van der Waals surface area contributed by atoms with Crippen LogP contribution in [0.15, 0.2) is 10.8 Å². The van der Waals surface area contributed by atoms with Crippen molar-refractivity contribution in [3.8, 4) is 0 Å². The first-order chi connectivity index (χ1) is 8.45. The first-order valence-corrected chi connectivity index (χ1v) is 6.97. The van der Waals surface area contributed by atoms with Gasteiger partial charge in [-0.15, -0.1) is 0 Å². The Morgan fingerprint density at radius 3 is 2.22 bits per heavy atom. The highest BCUT2D eigenvalue weighted by molar-refractivity contribution is 9.10. The van der Waals surface area contributed by atoms with Crippen LogP contribution in [0.5, 0.6) is 0 Å². The Balaban J connectivity index is 3.03. The van der Waals surface area contributed by atoms with Crippen molar-refractivity contribution in [2.24, 2.45) is 17.7 Å². The topological polar surface area (TPSA) is 67.1 Å². The Hall–Kier alpha value is -0.880. The zero-order valence-electron chi connectivity index (χ0n) is 11.4. The second-order valence-electron chi connectivity index (χ2n) is 5.20. The summed E-state index contributed by atoms with van der Waals surface area (Å²) in [6.45, 7) is 10.7. The van der Waals surface area contributed by atoms with Crippen LogP contribution in [0.3, 0.4) is 0 Å². The van der Waals surface area contributed by atoms with Crippen LogP contribution in [-0.4, -0.2) is 23.1 Å². The second-order valence-corrected chi connectivity index (χ2v) is 5.99. The molecule has 0 aliphatic rings. The van der Waals surface area contributed by atoms with E-state index >= 15 is 0 Å². The quantitative estimate of drug-likeness (QED) is 0.624. The Morgan fingerprint density at radius 1 is 1.22 bits per heavy atom. The average molecular weight is 316 g/mol. The summed E-state index contributed by atoms with van der Waals surface area (Å²) >= 11 is 3.51. The summed E-state index contributed by atoms with van der Waals surface area (Å²) in [7, 11) is 0. The van der Waals surface area contributed by atoms with E-state index in [0.29, 0.717) is 17.7 Å². The van der Waals surface area contributed by atoms with Crippen molar-refractivity contribution in [3.63, 3.8) is 0 Å². The summed E-state index contributed by atoms with van der Waals surface area (Å²) < 4.78 is 0.814. The van der Waals surface area contributed by atoms with Gasteiger partial charge >= 0.3 is 0 Å². The maximum atomic E-state index is 5.43. The number of anilines is 2. The average Bonchev–Trinajstić information content (AvgIpc) is 2.27. The van der Waals surface area contributed by atoms with Crippen LogP contribution in [0, 0.1) is 11.8 Å². The molecule has 18 heavy (non-hydrogen) atoms. The van der Waals surface area contributed by atoms with Crippen LogP contribution in [0.2, 0.25) is 0 Å². The van der Waals surface area contributed by atoms with E-state index in [1.54, 1.807) is 0 Å². The molecule has 3 N–H and O–H groups in total. The third-order valence-electron chi connectivity index (χ3n) is 2.38. The molecule has 1 aromatic rings. The van der Waals surface area contributed by atoms with Gasteiger partial charge in [-0.3, -0.25) is 0 Å². The fourth-order valence-electron chi connectivity index (χ4n) is 1.81. The Morgan fingerprint density at radius 2 is 1.78 bits per heavy atom. The monoisotopic (exact) mass is 315 g/mol. The molecule has 5 nitrogen and oxygen atoms in total. The molecular weight excluding hydrogens is 294 g/mol. The molecule has 0 amide bonds. The second kappa shape index (κ2) is 6.89. The highest BCUT2D eigenvalue weighted by Gasteiger charge is 2.17. The van der Waals surface area contributed by atoms with Crippen molar-refractivity contribution in [1.82, 2.24) is 9.97 Å². The van der Waals surface area contributed by atoms with E-state index in [1.165, 1.54) is 6.33 Å². The first-order valence-electron chi connectivity index (χ1n) is 6.17. The SMILES string of the molecule is CC(C)CN(CC(C)C)c1ncnc(NN)c1Br. The minimum Gasteiger partial charge on any atom is -0.355 e. The fraction of sp³-hybridized carbons (Fsp3) is 0.667. The van der Waals surface area contributed by atoms with Crippen molar-refractivity contribution in [2.45, 2.75) is 27.7 Å². The summed E-state index contributed by atoms with van der Waals surface area (Å²) in [6, 6.07) is 0. The summed E-state index contributed by atoms with van der Waals surface area (Å²) in [5.74, 6) is 8.07. The molecule has 0 saturated heterocycles. The molecule has 102 valence electrons. The molecule has 0 fully saturated rings. The maximum Gasteiger partial charge on any atom is 0.159 e. The largest absolute Gasteiger partial charge is 0.355 e. The van der Waals surface area contributed by atoms with Gasteiger partial charge in [-0.1, -0.05) is 27.7 Å². The lowest BCUT2D eigenvalue weighted by Gasteiger charge is -2.28. The number of rotatable bonds is 6. The molecule has 0 aliphatic heterocycles. The van der Waals surface area contributed by atoms with E-state index in [9.17, 15) is 0 Å². The number of hydrazine groups is 1. The van der Waals surface area contributed by atoms with Gasteiger partial charge in [0.2, 0.25) is 0 Å². The molecule has 0 bridgehead atoms. The van der Waals surface area contributed by atoms with Gasteiger partial charge in [0.15, 0.2) is 5.82 Å². The van der Waals surface area contributed by atoms with E-state index in [0.717, 1.165) is 23.4 Å². The maximum absolute atomic E-state index is 5.43. The predicted octanol–water partition coefficient (Wildman–Crippen LogP) is 2.64. The lowest BCUT2D eigenvalue weighted by atomic mass is 10.1. The molecule has 1 heterocycles. The molecular formula is C12H22BrN5. The predicted molar refractivity (Wildman–Crippen MR) is 79.4 cm³/mol. The number of nitrogens with zero attached hydrogens (tertiary/aromatic N) is 3. The van der Waals surface area contributed by atoms with E-state index < -0.39 is 0 Å². The molecule has 1 aromatic heterocycles. The van der Waals surface area contributed by atoms with Crippen LogP contribution in [0.1, 0.15) is 27.7 Å². The Bertz CT molecular complexity index is 371. The van der Waals surface area contributed by atoms with Crippen molar-refractivity contribution >= 4 is 27.6 Å². The summed E-state index contributed by atoms with van der Waals surface area (Å²) in [4.78, 5) is 10.7. The lowest BCUT2D eigenvalue weighted by Crippen LogP contribution is -2.32. The van der Waals surface area contributed by atoms with E-state index in [1.807, 2.05) is 0 Å². The molecule has 0 radical (unpaired) electrons. The fourth-order valence-corrected chi connectivity index (χ4v) is 2.38. The van der Waals surface area contributed by atoms with Crippen LogP contribution in [0.25, 0.3) is 0 Å². The molecule has 0 aromatic carbocycles. The van der Waals surface area contributed by atoms with E-state index in [2.05, 4.69) is 63.9 Å². The number of aromatic nitrogens is 2. The summed E-state index contributed by atoms with van der Waals surface area (Å²) in [5, 5.41) is 0. The molecule has 1 rings (SSSR count). The number of nitrogens with one attached hydrogen (secondary N) is 1. The van der Waals surface area contributed by atoms with Crippen molar-refractivity contribution in [2.75, 3.05) is 23.4 Å². The first kappa shape index (κ1) is 15.2. The van der Waals surface area contributed by atoms with Crippen molar-refractivity contribution < 1.29 is 0 Å². The number of hydrogen-bond acceptors (Lipinski definition) is 5. The highest BCUT2D eigenvalue weighted by atomic mass is 79.9. The van der Waals surface area contributed by atoms with Gasteiger partial charge in [-0.05, 0) is 27.8 Å². The van der Waals surface area contributed by atoms with Gasteiger partial charge in [0.25, 0.3) is 0 Å². The van der Waals surface area contributed by atoms with Gasteiger partial charge in [0.05, 0.1) is 0 Å². The van der Waals surface area contributed by atoms with Crippen LogP contribution < -0.4 is 16.2 Å². The smallest absolute Gasteiger partial charge is 0.159 e. The molecule has 0 aliphatic carbocycles. The Labute approximate surface area is 117 Å². The number of hydrogen-bond donors (Lipinski definition) is 2. The third-order valence-corrected chi connectivity index (χ3v) is 3.11. The number of halogens is 1. The van der Waals surface area contributed by atoms with Gasteiger partial charge in [0.1, 0.15) is 16.6 Å². The number of nitrogens with two attached hydrogens (primary N) is 1. The molecule has 0 saturated carbocycles. The van der Waals surface area contributed by atoms with E-state index in [-0.39, 0.29) is 0 Å². The van der Waals surface area contributed by atoms with Gasteiger partial charge in [-0.25, -0.2) is 15.8 Å². The molecule has 0 spiro atoms.